The third kappa shape index (κ3) is 5.86. The summed E-state index contributed by atoms with van der Waals surface area (Å²) in [6, 6.07) is 25.5. The second-order valence-corrected chi connectivity index (χ2v) is 7.68. The Kier molecular flexibility index (Phi) is 7.15. The average molecular weight is 445 g/mol. The van der Waals surface area contributed by atoms with E-state index in [9.17, 15) is 9.90 Å². The minimum absolute atomic E-state index is 0.133. The number of nitrogens with zero attached hydrogens (tertiary/aromatic N) is 1. The SMILES string of the molecule is CCO/C(=C\c1ccc(OCC2CN(Cc3ccccc3)c3ccccc3O2)cc1)C(=O)[O-]. The largest absolute Gasteiger partial charge is 0.542 e. The topological polar surface area (TPSA) is 71.1 Å². The molecule has 170 valence electrons. The molecule has 1 atom stereocenters. The normalized spacial score (nSPS) is 15.4. The van der Waals surface area contributed by atoms with Crippen LogP contribution in [0.1, 0.15) is 18.1 Å². The van der Waals surface area contributed by atoms with Gasteiger partial charge in [0, 0.05) is 6.54 Å². The highest BCUT2D eigenvalue weighted by molar-refractivity contribution is 5.88. The number of ether oxygens (including phenoxy) is 3. The van der Waals surface area contributed by atoms with Crippen molar-refractivity contribution in [1.29, 1.82) is 0 Å². The standard InChI is InChI=1S/C27H27NO5/c1-2-31-26(27(29)30)16-20-12-14-22(15-13-20)32-19-23-18-28(17-21-8-4-3-5-9-21)24-10-6-7-11-25(24)33-23/h3-16,23H,2,17-19H2,1H3,(H,29,30)/p-1/b26-16-. The molecule has 4 rings (SSSR count). The van der Waals surface area contributed by atoms with E-state index in [1.54, 1.807) is 31.2 Å². The number of carboxylic acid groups (broad SMARTS) is 1. The third-order valence-electron chi connectivity index (χ3n) is 5.25. The van der Waals surface area contributed by atoms with Gasteiger partial charge in [0.2, 0.25) is 0 Å². The fraction of sp³-hybridized carbons (Fsp3) is 0.222. The van der Waals surface area contributed by atoms with Crippen molar-refractivity contribution in [3.05, 3.63) is 95.7 Å². The highest BCUT2D eigenvalue weighted by Gasteiger charge is 2.26. The van der Waals surface area contributed by atoms with Crippen LogP contribution in [0.3, 0.4) is 0 Å². The van der Waals surface area contributed by atoms with E-state index in [4.69, 9.17) is 14.2 Å². The molecule has 0 saturated heterocycles. The van der Waals surface area contributed by atoms with Crippen molar-refractivity contribution in [3.63, 3.8) is 0 Å². The molecule has 1 aliphatic heterocycles. The molecular formula is C27H26NO5-. The molecule has 6 nitrogen and oxygen atoms in total. The van der Waals surface area contributed by atoms with Gasteiger partial charge in [0.15, 0.2) is 6.10 Å². The summed E-state index contributed by atoms with van der Waals surface area (Å²) in [6.07, 6.45) is 1.30. The van der Waals surface area contributed by atoms with Crippen LogP contribution in [0.4, 0.5) is 5.69 Å². The Morgan fingerprint density at radius 2 is 1.79 bits per heavy atom. The van der Waals surface area contributed by atoms with Gasteiger partial charge in [0.25, 0.3) is 0 Å². The van der Waals surface area contributed by atoms with E-state index in [-0.39, 0.29) is 18.5 Å². The minimum Gasteiger partial charge on any atom is -0.542 e. The molecule has 0 aromatic heterocycles. The van der Waals surface area contributed by atoms with Crippen LogP contribution in [0.25, 0.3) is 6.08 Å². The maximum atomic E-state index is 11.1. The summed E-state index contributed by atoms with van der Waals surface area (Å²) in [6.45, 7) is 3.86. The van der Waals surface area contributed by atoms with Crippen LogP contribution < -0.4 is 19.5 Å². The summed E-state index contributed by atoms with van der Waals surface area (Å²) in [5, 5.41) is 11.1. The molecule has 0 radical (unpaired) electrons. The molecule has 0 N–H and O–H groups in total. The van der Waals surface area contributed by atoms with Gasteiger partial charge in [0.05, 0.1) is 18.8 Å². The zero-order chi connectivity index (χ0) is 23.0. The highest BCUT2D eigenvalue weighted by atomic mass is 16.5. The van der Waals surface area contributed by atoms with E-state index < -0.39 is 5.97 Å². The van der Waals surface area contributed by atoms with Crippen LogP contribution in [0.15, 0.2) is 84.6 Å². The number of para-hydroxylation sites is 2. The first-order chi connectivity index (χ1) is 16.1. The second-order valence-electron chi connectivity index (χ2n) is 7.68. The summed E-state index contributed by atoms with van der Waals surface area (Å²) in [5.74, 6) is -0.0129. The van der Waals surface area contributed by atoms with Crippen molar-refractivity contribution in [2.45, 2.75) is 19.6 Å². The van der Waals surface area contributed by atoms with Crippen LogP contribution in [0.5, 0.6) is 11.5 Å². The van der Waals surface area contributed by atoms with Gasteiger partial charge in [-0.25, -0.2) is 0 Å². The van der Waals surface area contributed by atoms with Crippen LogP contribution >= 0.6 is 0 Å². The van der Waals surface area contributed by atoms with Crippen molar-refractivity contribution in [3.8, 4) is 11.5 Å². The first-order valence-corrected chi connectivity index (χ1v) is 11.0. The van der Waals surface area contributed by atoms with Crippen molar-refractivity contribution >= 4 is 17.7 Å². The van der Waals surface area contributed by atoms with E-state index >= 15 is 0 Å². The number of aliphatic carboxylic acids is 1. The van der Waals surface area contributed by atoms with Gasteiger partial charge in [-0.3, -0.25) is 0 Å². The predicted molar refractivity (Wildman–Crippen MR) is 125 cm³/mol. The van der Waals surface area contributed by atoms with Crippen LogP contribution in [-0.2, 0) is 16.1 Å². The molecule has 0 aliphatic carbocycles. The number of rotatable bonds is 9. The summed E-state index contributed by atoms with van der Waals surface area (Å²) in [7, 11) is 0. The highest BCUT2D eigenvalue weighted by Crippen LogP contribution is 2.34. The molecular weight excluding hydrogens is 418 g/mol. The summed E-state index contributed by atoms with van der Waals surface area (Å²) < 4.78 is 17.3. The lowest BCUT2D eigenvalue weighted by atomic mass is 10.1. The van der Waals surface area contributed by atoms with Crippen LogP contribution in [0.2, 0.25) is 0 Å². The molecule has 33 heavy (non-hydrogen) atoms. The maximum absolute atomic E-state index is 11.1. The van der Waals surface area contributed by atoms with Crippen molar-refractivity contribution in [1.82, 2.24) is 0 Å². The maximum Gasteiger partial charge on any atom is 0.150 e. The monoisotopic (exact) mass is 444 g/mol. The summed E-state index contributed by atoms with van der Waals surface area (Å²) in [5.41, 5.74) is 3.00. The Labute approximate surface area is 193 Å². The molecule has 0 amide bonds. The number of carbonyl (C=O) groups is 1. The van der Waals surface area contributed by atoms with E-state index in [1.807, 2.05) is 36.4 Å². The Morgan fingerprint density at radius 3 is 2.52 bits per heavy atom. The molecule has 3 aromatic carbocycles. The van der Waals surface area contributed by atoms with Gasteiger partial charge in [-0.1, -0.05) is 54.6 Å². The molecule has 6 heteroatoms. The van der Waals surface area contributed by atoms with E-state index in [0.29, 0.717) is 24.5 Å². The molecule has 1 unspecified atom stereocenters. The first-order valence-electron chi connectivity index (χ1n) is 11.0. The Bertz CT molecular complexity index is 1100. The second kappa shape index (κ2) is 10.6. The van der Waals surface area contributed by atoms with Crippen molar-refractivity contribution in [2.24, 2.45) is 0 Å². The number of carboxylic acids is 1. The fourth-order valence-corrected chi connectivity index (χ4v) is 3.74. The Balaban J connectivity index is 1.41. The van der Waals surface area contributed by atoms with E-state index in [0.717, 1.165) is 18.0 Å². The molecule has 0 fully saturated rings. The average Bonchev–Trinajstić information content (AvgIpc) is 2.84. The number of fused-ring (bicyclic) bond motifs is 1. The first kappa shape index (κ1) is 22.3. The summed E-state index contributed by atoms with van der Waals surface area (Å²) in [4.78, 5) is 13.4. The number of carbonyl (C=O) groups excluding carboxylic acids is 1. The third-order valence-corrected chi connectivity index (χ3v) is 5.25. The van der Waals surface area contributed by atoms with Crippen molar-refractivity contribution < 1.29 is 24.1 Å². The van der Waals surface area contributed by atoms with Gasteiger partial charge in [-0.2, -0.15) is 0 Å². The van der Waals surface area contributed by atoms with Crippen LogP contribution in [0, 0.1) is 0 Å². The van der Waals surface area contributed by atoms with Gasteiger partial charge < -0.3 is 29.0 Å². The number of hydrogen-bond donors (Lipinski definition) is 0. The number of benzene rings is 3. The molecule has 1 aliphatic rings. The Morgan fingerprint density at radius 1 is 1.06 bits per heavy atom. The molecule has 0 spiro atoms. The quantitative estimate of drug-likeness (QED) is 0.371. The minimum atomic E-state index is -1.34. The van der Waals surface area contributed by atoms with Gasteiger partial charge in [0.1, 0.15) is 29.8 Å². The van der Waals surface area contributed by atoms with Gasteiger partial charge >= 0.3 is 0 Å². The molecule has 1 heterocycles. The Hall–Kier alpha value is -3.93. The lowest BCUT2D eigenvalue weighted by molar-refractivity contribution is -0.303. The molecule has 3 aromatic rings. The zero-order valence-corrected chi connectivity index (χ0v) is 18.5. The lowest BCUT2D eigenvalue weighted by Crippen LogP contribution is -2.42. The molecule has 0 bridgehead atoms. The van der Waals surface area contributed by atoms with Crippen LogP contribution in [-0.4, -0.2) is 31.8 Å². The van der Waals surface area contributed by atoms with Crippen molar-refractivity contribution in [2.75, 3.05) is 24.7 Å². The van der Waals surface area contributed by atoms with E-state index in [2.05, 4.69) is 23.1 Å². The zero-order valence-electron chi connectivity index (χ0n) is 18.5. The van der Waals surface area contributed by atoms with Gasteiger partial charge in [-0.05, 0) is 48.4 Å². The van der Waals surface area contributed by atoms with E-state index in [1.165, 1.54) is 11.6 Å². The fourth-order valence-electron chi connectivity index (χ4n) is 3.74. The summed E-state index contributed by atoms with van der Waals surface area (Å²) >= 11 is 0. The number of hydrogen-bond acceptors (Lipinski definition) is 6. The van der Waals surface area contributed by atoms with Gasteiger partial charge in [-0.15, -0.1) is 0 Å². The number of anilines is 1. The lowest BCUT2D eigenvalue weighted by Gasteiger charge is -2.36. The predicted octanol–water partition coefficient (Wildman–Crippen LogP) is 3.66. The smallest absolute Gasteiger partial charge is 0.150 e. The molecule has 0 saturated carbocycles.